The molecule has 2 amide bonds. The van der Waals surface area contributed by atoms with Gasteiger partial charge in [-0.2, -0.15) is 0 Å². The summed E-state index contributed by atoms with van der Waals surface area (Å²) in [6.07, 6.45) is 4.26. The zero-order valence-electron chi connectivity index (χ0n) is 22.5. The summed E-state index contributed by atoms with van der Waals surface area (Å²) >= 11 is 0. The normalized spacial score (nSPS) is 12.9. The SMILES string of the molecule is CC(C)CC(C)NC(=O)CCCCC(=O)N(c1ccc(Nc2ccccc2)cc1)[C@@H](C)CC(C)C. The second-order valence-corrected chi connectivity index (χ2v) is 10.6. The molecule has 0 saturated carbocycles. The number of nitrogens with one attached hydrogen (secondary N) is 2. The van der Waals surface area contributed by atoms with Crippen LogP contribution in [0.25, 0.3) is 0 Å². The molecular formula is C30H45N3O2. The van der Waals surface area contributed by atoms with Crippen LogP contribution in [0.5, 0.6) is 0 Å². The number of anilines is 3. The van der Waals surface area contributed by atoms with E-state index < -0.39 is 0 Å². The third-order valence-electron chi connectivity index (χ3n) is 6.01. The molecule has 0 fully saturated rings. The number of hydrogen-bond donors (Lipinski definition) is 2. The summed E-state index contributed by atoms with van der Waals surface area (Å²) in [6, 6.07) is 18.4. The highest BCUT2D eigenvalue weighted by molar-refractivity contribution is 5.94. The van der Waals surface area contributed by atoms with Crippen LogP contribution in [0, 0.1) is 11.8 Å². The summed E-state index contributed by atoms with van der Waals surface area (Å²) < 4.78 is 0. The third-order valence-corrected chi connectivity index (χ3v) is 6.01. The number of carbonyl (C=O) groups excluding carboxylic acids is 2. The predicted octanol–water partition coefficient (Wildman–Crippen LogP) is 7.31. The van der Waals surface area contributed by atoms with Crippen molar-refractivity contribution in [1.29, 1.82) is 0 Å². The lowest BCUT2D eigenvalue weighted by atomic mass is 10.0. The van der Waals surface area contributed by atoms with Crippen molar-refractivity contribution in [2.45, 2.75) is 92.2 Å². The monoisotopic (exact) mass is 479 g/mol. The first-order valence-electron chi connectivity index (χ1n) is 13.2. The third kappa shape index (κ3) is 10.5. The molecule has 0 aliphatic rings. The fourth-order valence-electron chi connectivity index (χ4n) is 4.62. The van der Waals surface area contributed by atoms with E-state index >= 15 is 0 Å². The van der Waals surface area contributed by atoms with Crippen molar-refractivity contribution in [1.82, 2.24) is 5.32 Å². The minimum atomic E-state index is 0.0807. The summed E-state index contributed by atoms with van der Waals surface area (Å²) in [5, 5.41) is 6.47. The largest absolute Gasteiger partial charge is 0.356 e. The summed E-state index contributed by atoms with van der Waals surface area (Å²) in [4.78, 5) is 27.5. The highest BCUT2D eigenvalue weighted by atomic mass is 16.2. The maximum atomic E-state index is 13.3. The smallest absolute Gasteiger partial charge is 0.227 e. The van der Waals surface area contributed by atoms with Gasteiger partial charge in [0.25, 0.3) is 0 Å². The average Bonchev–Trinajstić information content (AvgIpc) is 2.77. The van der Waals surface area contributed by atoms with Crippen molar-refractivity contribution in [3.8, 4) is 0 Å². The zero-order chi connectivity index (χ0) is 25.8. The molecule has 0 aromatic heterocycles. The van der Waals surface area contributed by atoms with Crippen molar-refractivity contribution in [2.24, 2.45) is 11.8 Å². The lowest BCUT2D eigenvalue weighted by Gasteiger charge is -2.31. The molecule has 0 bridgehead atoms. The Morgan fingerprint density at radius 3 is 1.91 bits per heavy atom. The van der Waals surface area contributed by atoms with E-state index in [1.165, 1.54) is 0 Å². The minimum Gasteiger partial charge on any atom is -0.356 e. The van der Waals surface area contributed by atoms with Gasteiger partial charge < -0.3 is 15.5 Å². The lowest BCUT2D eigenvalue weighted by molar-refractivity contribution is -0.122. The van der Waals surface area contributed by atoms with Gasteiger partial charge in [-0.1, -0.05) is 45.9 Å². The van der Waals surface area contributed by atoms with Crippen LogP contribution in [0.2, 0.25) is 0 Å². The minimum absolute atomic E-state index is 0.0807. The van der Waals surface area contributed by atoms with Gasteiger partial charge in [0.2, 0.25) is 11.8 Å². The molecule has 2 atom stereocenters. The van der Waals surface area contributed by atoms with Crippen LogP contribution in [0.15, 0.2) is 54.6 Å². The summed E-state index contributed by atoms with van der Waals surface area (Å²) in [5.41, 5.74) is 2.94. The van der Waals surface area contributed by atoms with E-state index in [4.69, 9.17) is 0 Å². The fraction of sp³-hybridized carbons (Fsp3) is 0.533. The van der Waals surface area contributed by atoms with E-state index in [9.17, 15) is 9.59 Å². The Labute approximate surface area is 212 Å². The zero-order valence-corrected chi connectivity index (χ0v) is 22.5. The number of amides is 2. The van der Waals surface area contributed by atoms with E-state index in [2.05, 4.69) is 52.2 Å². The first kappa shape index (κ1) is 28.4. The molecule has 5 heteroatoms. The maximum absolute atomic E-state index is 13.3. The Balaban J connectivity index is 1.95. The number of carbonyl (C=O) groups is 2. The second kappa shape index (κ2) is 14.6. The topological polar surface area (TPSA) is 61.4 Å². The van der Waals surface area contributed by atoms with Crippen LogP contribution < -0.4 is 15.5 Å². The molecule has 0 spiro atoms. The quantitative estimate of drug-likeness (QED) is 0.279. The van der Waals surface area contributed by atoms with E-state index in [-0.39, 0.29) is 23.9 Å². The average molecular weight is 480 g/mol. The van der Waals surface area contributed by atoms with Crippen molar-refractivity contribution < 1.29 is 9.59 Å². The van der Waals surface area contributed by atoms with Crippen molar-refractivity contribution >= 4 is 28.9 Å². The van der Waals surface area contributed by atoms with Gasteiger partial charge in [-0.3, -0.25) is 9.59 Å². The van der Waals surface area contributed by atoms with Gasteiger partial charge in [-0.05, 0) is 87.8 Å². The van der Waals surface area contributed by atoms with Crippen molar-refractivity contribution in [3.63, 3.8) is 0 Å². The Morgan fingerprint density at radius 2 is 1.31 bits per heavy atom. The van der Waals surface area contributed by atoms with Gasteiger partial charge in [-0.25, -0.2) is 0 Å². The number of unbranched alkanes of at least 4 members (excludes halogenated alkanes) is 1. The molecule has 0 aliphatic carbocycles. The van der Waals surface area contributed by atoms with Crippen LogP contribution in [0.3, 0.4) is 0 Å². The number of benzene rings is 2. The Morgan fingerprint density at radius 1 is 0.743 bits per heavy atom. The van der Waals surface area contributed by atoms with Gasteiger partial charge in [0.05, 0.1) is 0 Å². The summed E-state index contributed by atoms with van der Waals surface area (Å²) in [7, 11) is 0. The van der Waals surface area contributed by atoms with Crippen molar-refractivity contribution in [3.05, 3.63) is 54.6 Å². The van der Waals surface area contributed by atoms with E-state index in [1.807, 2.05) is 59.5 Å². The number of nitrogens with zero attached hydrogens (tertiary/aromatic N) is 1. The van der Waals surface area contributed by atoms with Crippen LogP contribution >= 0.6 is 0 Å². The van der Waals surface area contributed by atoms with Gasteiger partial charge >= 0.3 is 0 Å². The standard InChI is InChI=1S/C30H45N3O2/c1-22(2)20-24(5)31-29(34)14-10-11-15-30(35)33(25(6)21-23(3)4)28-18-16-27(17-19-28)32-26-12-8-7-9-13-26/h7-9,12-13,16-19,22-25,32H,10-11,14-15,20-21H2,1-6H3,(H,31,34)/t24?,25-/m0/s1. The molecule has 5 nitrogen and oxygen atoms in total. The van der Waals surface area contributed by atoms with Gasteiger partial charge in [-0.15, -0.1) is 0 Å². The molecule has 2 aromatic carbocycles. The fourth-order valence-corrected chi connectivity index (χ4v) is 4.62. The first-order valence-corrected chi connectivity index (χ1v) is 13.2. The molecule has 2 N–H and O–H groups in total. The summed E-state index contributed by atoms with van der Waals surface area (Å²) in [6.45, 7) is 12.9. The number of rotatable bonds is 14. The van der Waals surface area contributed by atoms with Crippen molar-refractivity contribution in [2.75, 3.05) is 10.2 Å². The summed E-state index contributed by atoms with van der Waals surface area (Å²) in [5.74, 6) is 1.26. The van der Waals surface area contributed by atoms with E-state index in [0.717, 1.165) is 36.3 Å². The molecular weight excluding hydrogens is 434 g/mol. The van der Waals surface area contributed by atoms with Crippen LogP contribution in [0.1, 0.15) is 80.1 Å². The Kier molecular flexibility index (Phi) is 11.8. The van der Waals surface area contributed by atoms with E-state index in [0.29, 0.717) is 31.1 Å². The molecule has 192 valence electrons. The second-order valence-electron chi connectivity index (χ2n) is 10.6. The van der Waals surface area contributed by atoms with Crippen LogP contribution in [0.4, 0.5) is 17.1 Å². The molecule has 0 aliphatic heterocycles. The van der Waals surface area contributed by atoms with Gasteiger partial charge in [0.15, 0.2) is 0 Å². The predicted molar refractivity (Wildman–Crippen MR) is 148 cm³/mol. The van der Waals surface area contributed by atoms with Crippen LogP contribution in [-0.4, -0.2) is 23.9 Å². The highest BCUT2D eigenvalue weighted by Crippen LogP contribution is 2.26. The molecule has 1 unspecified atom stereocenters. The Bertz CT molecular complexity index is 894. The van der Waals surface area contributed by atoms with Gasteiger partial charge in [0, 0.05) is 42.0 Å². The van der Waals surface area contributed by atoms with Gasteiger partial charge in [0.1, 0.15) is 0 Å². The number of hydrogen-bond acceptors (Lipinski definition) is 3. The number of para-hydroxylation sites is 1. The first-order chi connectivity index (χ1) is 16.7. The molecule has 2 rings (SSSR count). The highest BCUT2D eigenvalue weighted by Gasteiger charge is 2.22. The molecule has 0 heterocycles. The molecule has 0 radical (unpaired) electrons. The molecule has 35 heavy (non-hydrogen) atoms. The molecule has 0 saturated heterocycles. The molecule has 2 aromatic rings. The maximum Gasteiger partial charge on any atom is 0.227 e. The van der Waals surface area contributed by atoms with Crippen LogP contribution in [-0.2, 0) is 9.59 Å². The lowest BCUT2D eigenvalue weighted by Crippen LogP contribution is -2.39. The Hall–Kier alpha value is -2.82. The van der Waals surface area contributed by atoms with E-state index in [1.54, 1.807) is 0 Å².